The van der Waals surface area contributed by atoms with Gasteiger partial charge in [0.2, 0.25) is 0 Å². The molecule has 2 heterocycles. The Morgan fingerprint density at radius 2 is 1.83 bits per heavy atom. The molecule has 1 aromatic heterocycles. The number of hydrogen-bond donors (Lipinski definition) is 2. The molecule has 1 aliphatic rings. The van der Waals surface area contributed by atoms with Crippen molar-refractivity contribution in [3.63, 3.8) is 0 Å². The summed E-state index contributed by atoms with van der Waals surface area (Å²) in [5.41, 5.74) is 2.72. The van der Waals surface area contributed by atoms with Crippen LogP contribution in [0, 0.1) is 0 Å². The quantitative estimate of drug-likeness (QED) is 0.439. The molecule has 0 spiro atoms. The van der Waals surface area contributed by atoms with Gasteiger partial charge in [-0.3, -0.25) is 14.2 Å². The van der Waals surface area contributed by atoms with Crippen molar-refractivity contribution >= 4 is 40.6 Å². The molecule has 1 aliphatic heterocycles. The minimum atomic E-state index is -0.682. The zero-order valence-electron chi connectivity index (χ0n) is 18.6. The molecule has 0 radical (unpaired) electrons. The molecule has 174 valence electrons. The summed E-state index contributed by atoms with van der Waals surface area (Å²) in [6.07, 6.45) is 1.71. The lowest BCUT2D eigenvalue weighted by atomic mass is 9.95. The maximum absolute atomic E-state index is 13.6. The number of fused-ring (bicyclic) bond motifs is 1. The Morgan fingerprint density at radius 3 is 2.54 bits per heavy atom. The van der Waals surface area contributed by atoms with Crippen LogP contribution < -0.4 is 20.2 Å². The first kappa shape index (κ1) is 22.8. The molecule has 2 N–H and O–H groups in total. The third-order valence-corrected chi connectivity index (χ3v) is 6.89. The van der Waals surface area contributed by atoms with E-state index in [9.17, 15) is 14.7 Å². The van der Waals surface area contributed by atoms with Gasteiger partial charge in [-0.15, -0.1) is 0 Å². The molecule has 0 saturated carbocycles. The van der Waals surface area contributed by atoms with Gasteiger partial charge in [0.1, 0.15) is 5.75 Å². The highest BCUT2D eigenvalue weighted by atomic mass is 35.5. The third kappa shape index (κ3) is 4.56. The number of rotatable bonds is 4. The molecule has 3 aromatic carbocycles. The maximum Gasteiger partial charge on any atom is 0.271 e. The molecule has 1 unspecified atom stereocenters. The summed E-state index contributed by atoms with van der Waals surface area (Å²) in [7, 11) is 0. The predicted octanol–water partition coefficient (Wildman–Crippen LogP) is 4.23. The van der Waals surface area contributed by atoms with Crippen LogP contribution >= 0.6 is 22.9 Å². The van der Waals surface area contributed by atoms with E-state index in [1.807, 2.05) is 30.3 Å². The van der Waals surface area contributed by atoms with Gasteiger partial charge >= 0.3 is 0 Å². The summed E-state index contributed by atoms with van der Waals surface area (Å²) in [4.78, 5) is 32.2. The normalized spacial score (nSPS) is 15.5. The number of allylic oxidation sites excluding steroid dienone is 1. The van der Waals surface area contributed by atoms with Gasteiger partial charge in [-0.25, -0.2) is 4.99 Å². The standard InChI is InChI=1S/C27H20ClN3O3S/c1-16-23(25(33)30-20-7-3-2-4-8-20)24(18-10-12-19(28)13-11-18)31-26(34)22(35-27(31)29-16)15-17-6-5-9-21(32)14-17/h2-15,24,32H,1H3,(H,30,33)/b22-15-. The number of para-hydroxylation sites is 1. The number of anilines is 1. The average molecular weight is 502 g/mol. The van der Waals surface area contributed by atoms with Gasteiger partial charge in [0.15, 0.2) is 4.80 Å². The molecule has 8 heteroatoms. The lowest BCUT2D eigenvalue weighted by molar-refractivity contribution is -0.113. The number of aromatic nitrogens is 1. The van der Waals surface area contributed by atoms with Crippen molar-refractivity contribution in [2.24, 2.45) is 4.99 Å². The van der Waals surface area contributed by atoms with Gasteiger partial charge < -0.3 is 10.4 Å². The number of aromatic hydroxyl groups is 1. The van der Waals surface area contributed by atoms with E-state index in [-0.39, 0.29) is 17.2 Å². The van der Waals surface area contributed by atoms with Crippen molar-refractivity contribution < 1.29 is 9.90 Å². The molecule has 0 fully saturated rings. The van der Waals surface area contributed by atoms with E-state index in [4.69, 9.17) is 11.6 Å². The number of hydrogen-bond acceptors (Lipinski definition) is 5. The molecule has 1 amide bonds. The van der Waals surface area contributed by atoms with E-state index in [0.717, 1.165) is 5.56 Å². The Morgan fingerprint density at radius 1 is 1.09 bits per heavy atom. The van der Waals surface area contributed by atoms with Gasteiger partial charge in [0.05, 0.1) is 21.8 Å². The Hall–Kier alpha value is -3.94. The fraction of sp³-hybridized carbons (Fsp3) is 0.0741. The number of phenolic OH excluding ortho intramolecular Hbond substituents is 1. The molecule has 4 aromatic rings. The summed E-state index contributed by atoms with van der Waals surface area (Å²) < 4.78 is 2.00. The number of carbonyl (C=O) groups excluding carboxylic acids is 1. The Labute approximate surface area is 209 Å². The highest BCUT2D eigenvalue weighted by Gasteiger charge is 2.32. The van der Waals surface area contributed by atoms with Crippen LogP contribution in [0.25, 0.3) is 6.08 Å². The fourth-order valence-corrected chi connectivity index (χ4v) is 5.23. The summed E-state index contributed by atoms with van der Waals surface area (Å²) >= 11 is 7.36. The number of nitrogens with one attached hydrogen (secondary N) is 1. The molecule has 5 rings (SSSR count). The maximum atomic E-state index is 13.6. The van der Waals surface area contributed by atoms with Crippen molar-refractivity contribution in [1.29, 1.82) is 0 Å². The van der Waals surface area contributed by atoms with Gasteiger partial charge in [-0.1, -0.05) is 65.4 Å². The predicted molar refractivity (Wildman–Crippen MR) is 138 cm³/mol. The molecule has 0 bridgehead atoms. The second-order valence-corrected chi connectivity index (χ2v) is 9.49. The lowest BCUT2D eigenvalue weighted by Crippen LogP contribution is -2.40. The molecule has 35 heavy (non-hydrogen) atoms. The SMILES string of the molecule is CC1=C(C(=O)Nc2ccccc2)C(c2ccc(Cl)cc2)n2c(s/c(=C\c3cccc(O)c3)c2=O)=N1. The van der Waals surface area contributed by atoms with E-state index < -0.39 is 6.04 Å². The van der Waals surface area contributed by atoms with E-state index in [1.165, 1.54) is 11.3 Å². The molecular weight excluding hydrogens is 482 g/mol. The van der Waals surface area contributed by atoms with Crippen LogP contribution in [-0.4, -0.2) is 15.6 Å². The second-order valence-electron chi connectivity index (χ2n) is 8.05. The number of phenols is 1. The van der Waals surface area contributed by atoms with Crippen LogP contribution in [0.4, 0.5) is 5.69 Å². The van der Waals surface area contributed by atoms with E-state index >= 15 is 0 Å². The van der Waals surface area contributed by atoms with Gasteiger partial charge in [-0.2, -0.15) is 0 Å². The fourth-order valence-electron chi connectivity index (χ4n) is 4.06. The average Bonchev–Trinajstić information content (AvgIpc) is 3.13. The van der Waals surface area contributed by atoms with E-state index in [1.54, 1.807) is 66.1 Å². The number of amides is 1. The highest BCUT2D eigenvalue weighted by molar-refractivity contribution is 7.07. The van der Waals surface area contributed by atoms with Crippen molar-refractivity contribution in [3.05, 3.63) is 126 Å². The molecule has 1 atom stereocenters. The number of nitrogens with zero attached hydrogens (tertiary/aromatic N) is 2. The summed E-state index contributed by atoms with van der Waals surface area (Å²) in [6, 6.07) is 22.2. The number of benzene rings is 3. The number of carbonyl (C=O) groups is 1. The topological polar surface area (TPSA) is 83.7 Å². The molecule has 0 saturated heterocycles. The smallest absolute Gasteiger partial charge is 0.271 e. The monoisotopic (exact) mass is 501 g/mol. The third-order valence-electron chi connectivity index (χ3n) is 5.65. The summed E-state index contributed by atoms with van der Waals surface area (Å²) in [6.45, 7) is 1.77. The molecule has 0 aliphatic carbocycles. The van der Waals surface area contributed by atoms with E-state index in [0.29, 0.717) is 36.9 Å². The Kier molecular flexibility index (Phi) is 6.11. The van der Waals surface area contributed by atoms with Crippen LogP contribution in [0.3, 0.4) is 0 Å². The first-order valence-corrected chi connectivity index (χ1v) is 12.0. The zero-order chi connectivity index (χ0) is 24.5. The lowest BCUT2D eigenvalue weighted by Gasteiger charge is -2.25. The largest absolute Gasteiger partial charge is 0.508 e. The van der Waals surface area contributed by atoms with Crippen LogP contribution in [0.1, 0.15) is 24.1 Å². The Balaban J connectivity index is 1.68. The van der Waals surface area contributed by atoms with Crippen molar-refractivity contribution in [2.45, 2.75) is 13.0 Å². The molecular formula is C27H20ClN3O3S. The number of halogens is 1. The minimum absolute atomic E-state index is 0.112. The Bertz CT molecular complexity index is 1640. The van der Waals surface area contributed by atoms with Crippen LogP contribution in [0.2, 0.25) is 5.02 Å². The van der Waals surface area contributed by atoms with Crippen LogP contribution in [-0.2, 0) is 4.79 Å². The first-order valence-electron chi connectivity index (χ1n) is 10.8. The summed E-state index contributed by atoms with van der Waals surface area (Å²) in [5, 5.41) is 13.3. The van der Waals surface area contributed by atoms with Crippen molar-refractivity contribution in [3.8, 4) is 5.75 Å². The van der Waals surface area contributed by atoms with Crippen molar-refractivity contribution in [1.82, 2.24) is 4.57 Å². The molecule has 6 nitrogen and oxygen atoms in total. The summed E-state index contributed by atoms with van der Waals surface area (Å²) in [5.74, 6) is -0.221. The van der Waals surface area contributed by atoms with E-state index in [2.05, 4.69) is 10.3 Å². The number of thiazole rings is 1. The second kappa shape index (κ2) is 9.37. The van der Waals surface area contributed by atoms with Crippen LogP contribution in [0.5, 0.6) is 5.75 Å². The van der Waals surface area contributed by atoms with Gasteiger partial charge in [0, 0.05) is 10.7 Å². The highest BCUT2D eigenvalue weighted by Crippen LogP contribution is 2.31. The zero-order valence-corrected chi connectivity index (χ0v) is 20.2. The van der Waals surface area contributed by atoms with Gasteiger partial charge in [-0.05, 0) is 60.5 Å². The van der Waals surface area contributed by atoms with Gasteiger partial charge in [0.25, 0.3) is 11.5 Å². The van der Waals surface area contributed by atoms with Crippen LogP contribution in [0.15, 0.2) is 99.9 Å². The first-order chi connectivity index (χ1) is 16.9. The van der Waals surface area contributed by atoms with Crippen molar-refractivity contribution in [2.75, 3.05) is 5.32 Å². The minimum Gasteiger partial charge on any atom is -0.508 e.